The SMILES string of the molecule is CCC(C)(N)c1nc(C23CC4CC(CC(C4)C2)C3)cs1. The zero-order chi connectivity index (χ0) is 14.0. The van der Waals surface area contributed by atoms with E-state index in [4.69, 9.17) is 10.7 Å². The molecule has 0 aliphatic heterocycles. The van der Waals surface area contributed by atoms with Crippen LogP contribution in [-0.2, 0) is 11.0 Å². The Hall–Kier alpha value is -0.410. The summed E-state index contributed by atoms with van der Waals surface area (Å²) in [4.78, 5) is 5.04. The molecular weight excluding hydrogens is 264 g/mol. The van der Waals surface area contributed by atoms with Crippen LogP contribution in [0.15, 0.2) is 5.38 Å². The van der Waals surface area contributed by atoms with Crippen LogP contribution in [0.25, 0.3) is 0 Å². The van der Waals surface area contributed by atoms with Gasteiger partial charge in [-0.15, -0.1) is 11.3 Å². The van der Waals surface area contributed by atoms with E-state index in [1.165, 1.54) is 44.2 Å². The van der Waals surface area contributed by atoms with Crippen LogP contribution >= 0.6 is 11.3 Å². The van der Waals surface area contributed by atoms with E-state index in [-0.39, 0.29) is 5.54 Å². The molecule has 4 fully saturated rings. The summed E-state index contributed by atoms with van der Waals surface area (Å²) < 4.78 is 0. The molecule has 0 radical (unpaired) electrons. The average Bonchev–Trinajstić information content (AvgIpc) is 2.88. The smallest absolute Gasteiger partial charge is 0.112 e. The predicted molar refractivity (Wildman–Crippen MR) is 83.8 cm³/mol. The van der Waals surface area contributed by atoms with Crippen molar-refractivity contribution in [2.24, 2.45) is 23.5 Å². The van der Waals surface area contributed by atoms with Crippen LogP contribution in [0.3, 0.4) is 0 Å². The van der Waals surface area contributed by atoms with Gasteiger partial charge in [0.2, 0.25) is 0 Å². The molecule has 4 aliphatic carbocycles. The van der Waals surface area contributed by atoms with Crippen LogP contribution in [0.5, 0.6) is 0 Å². The van der Waals surface area contributed by atoms with Crippen molar-refractivity contribution in [3.8, 4) is 0 Å². The largest absolute Gasteiger partial charge is 0.320 e. The molecule has 0 spiro atoms. The Bertz CT molecular complexity index is 482. The molecule has 0 saturated heterocycles. The predicted octanol–water partition coefficient (Wildman–Crippen LogP) is 4.19. The van der Waals surface area contributed by atoms with Crippen LogP contribution < -0.4 is 5.73 Å². The fraction of sp³-hybridized carbons (Fsp3) is 0.824. The molecule has 4 saturated carbocycles. The Morgan fingerprint density at radius 3 is 2.30 bits per heavy atom. The zero-order valence-electron chi connectivity index (χ0n) is 12.7. The van der Waals surface area contributed by atoms with E-state index in [0.717, 1.165) is 29.2 Å². The molecule has 2 N–H and O–H groups in total. The maximum absolute atomic E-state index is 6.39. The van der Waals surface area contributed by atoms with Crippen LogP contribution in [0, 0.1) is 17.8 Å². The molecule has 1 heterocycles. The molecule has 110 valence electrons. The summed E-state index contributed by atoms with van der Waals surface area (Å²) in [5, 5.41) is 3.48. The van der Waals surface area contributed by atoms with Crippen molar-refractivity contribution < 1.29 is 0 Å². The highest BCUT2D eigenvalue weighted by atomic mass is 32.1. The number of aromatic nitrogens is 1. The van der Waals surface area contributed by atoms with Gasteiger partial charge in [-0.05, 0) is 69.6 Å². The Labute approximate surface area is 126 Å². The van der Waals surface area contributed by atoms with Gasteiger partial charge < -0.3 is 5.73 Å². The second-order valence-corrected chi connectivity index (χ2v) is 8.86. The molecule has 4 aliphatic rings. The molecule has 1 aromatic heterocycles. The first kappa shape index (κ1) is 13.3. The van der Waals surface area contributed by atoms with E-state index in [0.29, 0.717) is 5.41 Å². The van der Waals surface area contributed by atoms with E-state index < -0.39 is 0 Å². The van der Waals surface area contributed by atoms with Gasteiger partial charge in [0.1, 0.15) is 5.01 Å². The molecule has 20 heavy (non-hydrogen) atoms. The van der Waals surface area contributed by atoms with Gasteiger partial charge in [-0.1, -0.05) is 6.92 Å². The number of rotatable bonds is 3. The summed E-state index contributed by atoms with van der Waals surface area (Å²) >= 11 is 1.79. The summed E-state index contributed by atoms with van der Waals surface area (Å²) in [6.45, 7) is 4.28. The number of hydrogen-bond acceptors (Lipinski definition) is 3. The lowest BCUT2D eigenvalue weighted by molar-refractivity contribution is -0.00704. The number of hydrogen-bond donors (Lipinski definition) is 1. The molecule has 2 nitrogen and oxygen atoms in total. The van der Waals surface area contributed by atoms with Crippen molar-refractivity contribution in [1.82, 2.24) is 4.98 Å². The Kier molecular flexibility index (Phi) is 2.85. The third kappa shape index (κ3) is 1.89. The Balaban J connectivity index is 1.68. The molecule has 5 rings (SSSR count). The van der Waals surface area contributed by atoms with Crippen molar-refractivity contribution in [2.75, 3.05) is 0 Å². The highest BCUT2D eigenvalue weighted by Crippen LogP contribution is 2.60. The third-order valence-corrected chi connectivity index (χ3v) is 7.43. The second kappa shape index (κ2) is 4.30. The normalized spacial score (nSPS) is 41.9. The highest BCUT2D eigenvalue weighted by Gasteiger charge is 2.52. The van der Waals surface area contributed by atoms with Gasteiger partial charge >= 0.3 is 0 Å². The first-order valence-electron chi connectivity index (χ1n) is 8.26. The highest BCUT2D eigenvalue weighted by molar-refractivity contribution is 7.09. The van der Waals surface area contributed by atoms with Gasteiger partial charge in [-0.3, -0.25) is 0 Å². The second-order valence-electron chi connectivity index (χ2n) is 8.01. The minimum absolute atomic E-state index is 0.245. The van der Waals surface area contributed by atoms with Crippen LogP contribution in [-0.4, -0.2) is 4.98 Å². The third-order valence-electron chi connectivity index (χ3n) is 6.31. The van der Waals surface area contributed by atoms with Crippen molar-refractivity contribution in [2.45, 2.75) is 69.7 Å². The van der Waals surface area contributed by atoms with Gasteiger partial charge in [-0.25, -0.2) is 4.98 Å². The average molecular weight is 290 g/mol. The first-order valence-corrected chi connectivity index (χ1v) is 9.14. The summed E-state index contributed by atoms with van der Waals surface area (Å²) in [7, 11) is 0. The fourth-order valence-corrected chi connectivity index (χ4v) is 6.45. The van der Waals surface area contributed by atoms with E-state index in [2.05, 4.69) is 19.2 Å². The monoisotopic (exact) mass is 290 g/mol. The van der Waals surface area contributed by atoms with Crippen molar-refractivity contribution in [3.05, 3.63) is 16.1 Å². The number of thiazole rings is 1. The van der Waals surface area contributed by atoms with Gasteiger partial charge in [0, 0.05) is 10.8 Å². The maximum Gasteiger partial charge on any atom is 0.112 e. The van der Waals surface area contributed by atoms with Crippen molar-refractivity contribution in [3.63, 3.8) is 0 Å². The Morgan fingerprint density at radius 2 is 1.80 bits per heavy atom. The summed E-state index contributed by atoms with van der Waals surface area (Å²) in [6, 6.07) is 0. The molecule has 1 aromatic rings. The minimum atomic E-state index is -0.245. The molecular formula is C17H26N2S. The number of nitrogens with two attached hydrogens (primary N) is 1. The molecule has 0 amide bonds. The van der Waals surface area contributed by atoms with Crippen molar-refractivity contribution in [1.29, 1.82) is 0 Å². The van der Waals surface area contributed by atoms with Crippen LogP contribution in [0.2, 0.25) is 0 Å². The lowest BCUT2D eigenvalue weighted by atomic mass is 9.49. The number of nitrogens with zero attached hydrogens (tertiary/aromatic N) is 1. The summed E-state index contributed by atoms with van der Waals surface area (Å²) in [6.07, 6.45) is 9.65. The van der Waals surface area contributed by atoms with Gasteiger partial charge in [0.05, 0.1) is 11.2 Å². The maximum atomic E-state index is 6.39. The molecule has 1 atom stereocenters. The molecule has 0 aromatic carbocycles. The van der Waals surface area contributed by atoms with Gasteiger partial charge in [-0.2, -0.15) is 0 Å². The molecule has 4 bridgehead atoms. The quantitative estimate of drug-likeness (QED) is 0.906. The van der Waals surface area contributed by atoms with E-state index in [1.54, 1.807) is 11.3 Å². The summed E-state index contributed by atoms with van der Waals surface area (Å²) in [5.74, 6) is 2.96. The minimum Gasteiger partial charge on any atom is -0.320 e. The standard InChI is InChI=1S/C17H26N2S/c1-3-16(2,18)15-19-14(10-20-15)17-7-11-4-12(8-17)6-13(5-11)9-17/h10-13H,3-9,18H2,1-2H3. The lowest BCUT2D eigenvalue weighted by Crippen LogP contribution is -2.48. The first-order chi connectivity index (χ1) is 9.51. The van der Waals surface area contributed by atoms with Crippen molar-refractivity contribution >= 4 is 11.3 Å². The van der Waals surface area contributed by atoms with Gasteiger partial charge in [0.15, 0.2) is 0 Å². The van der Waals surface area contributed by atoms with Crippen LogP contribution in [0.1, 0.15) is 69.5 Å². The fourth-order valence-electron chi connectivity index (χ4n) is 5.36. The summed E-state index contributed by atoms with van der Waals surface area (Å²) in [5.41, 5.74) is 7.96. The van der Waals surface area contributed by atoms with E-state index in [1.807, 2.05) is 0 Å². The zero-order valence-corrected chi connectivity index (χ0v) is 13.5. The Morgan fingerprint density at radius 1 is 1.25 bits per heavy atom. The van der Waals surface area contributed by atoms with Gasteiger partial charge in [0.25, 0.3) is 0 Å². The molecule has 3 heteroatoms. The van der Waals surface area contributed by atoms with E-state index in [9.17, 15) is 0 Å². The lowest BCUT2D eigenvalue weighted by Gasteiger charge is -2.56. The van der Waals surface area contributed by atoms with Crippen LogP contribution in [0.4, 0.5) is 0 Å². The molecule has 1 unspecified atom stereocenters. The van der Waals surface area contributed by atoms with E-state index >= 15 is 0 Å². The topological polar surface area (TPSA) is 38.9 Å².